The highest BCUT2D eigenvalue weighted by Crippen LogP contribution is 2.04. The number of rotatable bonds is 5. The fraction of sp³-hybridized carbons (Fsp3) is 0.250. The zero-order chi connectivity index (χ0) is 13.7. The van der Waals surface area contributed by atoms with Crippen LogP contribution in [-0.2, 0) is 16.1 Å². The second kappa shape index (κ2) is 5.85. The molecule has 7 heteroatoms. The highest BCUT2D eigenvalue weighted by molar-refractivity contribution is 5.88. The number of ether oxygens (including phenoxy) is 1. The number of hydrogen-bond acceptors (Lipinski definition) is 6. The van der Waals surface area contributed by atoms with Gasteiger partial charge >= 0.3 is 5.97 Å². The Labute approximate surface area is 108 Å². The Balaban J connectivity index is 1.73. The monoisotopic (exact) mass is 264 g/mol. The van der Waals surface area contributed by atoms with Gasteiger partial charge in [-0.25, -0.2) is 4.79 Å². The number of carbonyl (C=O) groups is 2. The predicted octanol–water partition coefficient (Wildman–Crippen LogP) is 1.05. The van der Waals surface area contributed by atoms with Crippen LogP contribution in [0.4, 0.5) is 0 Å². The van der Waals surface area contributed by atoms with E-state index in [9.17, 15) is 9.59 Å². The Morgan fingerprint density at radius 1 is 1.47 bits per heavy atom. The summed E-state index contributed by atoms with van der Waals surface area (Å²) in [6, 6.07) is 4.88. The molecule has 0 aliphatic carbocycles. The van der Waals surface area contributed by atoms with Gasteiger partial charge in [0.05, 0.1) is 18.5 Å². The molecule has 0 spiro atoms. The van der Waals surface area contributed by atoms with Crippen LogP contribution in [0.15, 0.2) is 33.4 Å². The molecule has 2 rings (SSSR count). The number of esters is 1. The number of amides is 1. The van der Waals surface area contributed by atoms with Gasteiger partial charge in [-0.3, -0.25) is 4.79 Å². The van der Waals surface area contributed by atoms with Crippen LogP contribution in [-0.4, -0.2) is 23.6 Å². The van der Waals surface area contributed by atoms with E-state index in [1.165, 1.54) is 12.3 Å². The molecule has 0 bridgehead atoms. The molecule has 0 unspecified atom stereocenters. The van der Waals surface area contributed by atoms with Crippen molar-refractivity contribution in [2.45, 2.75) is 13.5 Å². The van der Waals surface area contributed by atoms with Gasteiger partial charge in [-0.15, -0.1) is 0 Å². The molecule has 0 aromatic carbocycles. The highest BCUT2D eigenvalue weighted by atomic mass is 16.6. The molecule has 0 saturated carbocycles. The summed E-state index contributed by atoms with van der Waals surface area (Å²) in [4.78, 5) is 22.8. The van der Waals surface area contributed by atoms with Crippen molar-refractivity contribution in [2.24, 2.45) is 0 Å². The molecule has 2 aromatic heterocycles. The summed E-state index contributed by atoms with van der Waals surface area (Å²) in [5.41, 5.74) is 0.564. The van der Waals surface area contributed by atoms with E-state index in [2.05, 4.69) is 10.5 Å². The van der Waals surface area contributed by atoms with Crippen molar-refractivity contribution in [1.82, 2.24) is 10.5 Å². The minimum absolute atomic E-state index is 0.0312. The summed E-state index contributed by atoms with van der Waals surface area (Å²) >= 11 is 0. The number of nitrogens with zero attached hydrogens (tertiary/aromatic N) is 1. The van der Waals surface area contributed by atoms with E-state index in [-0.39, 0.29) is 18.9 Å². The molecular formula is C12H12N2O5. The standard InChI is InChI=1S/C12H12N2O5/c1-8-5-10(19-14-8)12(16)18-7-11(15)13-6-9-3-2-4-17-9/h2-5H,6-7H2,1H3,(H,13,15). The average Bonchev–Trinajstić information content (AvgIpc) is 3.04. The van der Waals surface area contributed by atoms with Gasteiger partial charge in [0.15, 0.2) is 6.61 Å². The second-order valence-electron chi connectivity index (χ2n) is 3.76. The van der Waals surface area contributed by atoms with Gasteiger partial charge in [0.25, 0.3) is 5.91 Å². The van der Waals surface area contributed by atoms with Crippen molar-refractivity contribution in [3.63, 3.8) is 0 Å². The van der Waals surface area contributed by atoms with Crippen LogP contribution in [0.3, 0.4) is 0 Å². The maximum atomic E-state index is 11.4. The van der Waals surface area contributed by atoms with Crippen LogP contribution in [0, 0.1) is 6.92 Å². The third kappa shape index (κ3) is 3.70. The molecule has 0 atom stereocenters. The van der Waals surface area contributed by atoms with E-state index in [4.69, 9.17) is 13.7 Å². The molecular weight excluding hydrogens is 252 g/mol. The molecule has 1 amide bonds. The Kier molecular flexibility index (Phi) is 3.97. The lowest BCUT2D eigenvalue weighted by molar-refractivity contribution is -0.124. The van der Waals surface area contributed by atoms with Crippen LogP contribution in [0.1, 0.15) is 22.0 Å². The molecule has 100 valence electrons. The Morgan fingerprint density at radius 2 is 2.32 bits per heavy atom. The lowest BCUT2D eigenvalue weighted by atomic mass is 10.4. The molecule has 1 N–H and O–H groups in total. The van der Waals surface area contributed by atoms with E-state index in [0.717, 1.165) is 0 Å². The molecule has 0 radical (unpaired) electrons. The van der Waals surface area contributed by atoms with Gasteiger partial charge in [0.1, 0.15) is 5.76 Å². The quantitative estimate of drug-likeness (QED) is 0.811. The minimum Gasteiger partial charge on any atom is -0.467 e. The number of aryl methyl sites for hydroxylation is 1. The smallest absolute Gasteiger partial charge is 0.377 e. The van der Waals surface area contributed by atoms with Crippen molar-refractivity contribution < 1.29 is 23.3 Å². The summed E-state index contributed by atoms with van der Waals surface area (Å²) in [6.07, 6.45) is 1.51. The van der Waals surface area contributed by atoms with Gasteiger partial charge in [-0.2, -0.15) is 0 Å². The number of hydrogen-bond donors (Lipinski definition) is 1. The molecule has 2 heterocycles. The summed E-state index contributed by atoms with van der Waals surface area (Å²) in [6.45, 7) is 1.53. The topological polar surface area (TPSA) is 94.6 Å². The Bertz CT molecular complexity index is 558. The SMILES string of the molecule is Cc1cc(C(=O)OCC(=O)NCc2ccco2)on1. The highest BCUT2D eigenvalue weighted by Gasteiger charge is 2.14. The van der Waals surface area contributed by atoms with Crippen LogP contribution >= 0.6 is 0 Å². The minimum atomic E-state index is -0.728. The van der Waals surface area contributed by atoms with Gasteiger partial charge in [-0.05, 0) is 19.1 Å². The van der Waals surface area contributed by atoms with E-state index < -0.39 is 11.9 Å². The van der Waals surface area contributed by atoms with Gasteiger partial charge in [0.2, 0.25) is 5.76 Å². The first-order valence-corrected chi connectivity index (χ1v) is 5.54. The van der Waals surface area contributed by atoms with Gasteiger partial charge in [-0.1, -0.05) is 5.16 Å². The van der Waals surface area contributed by atoms with Crippen molar-refractivity contribution >= 4 is 11.9 Å². The molecule has 7 nitrogen and oxygen atoms in total. The molecule has 0 aliphatic rings. The van der Waals surface area contributed by atoms with Crippen LogP contribution in [0.5, 0.6) is 0 Å². The first-order valence-electron chi connectivity index (χ1n) is 5.54. The van der Waals surface area contributed by atoms with E-state index in [0.29, 0.717) is 11.5 Å². The maximum Gasteiger partial charge on any atom is 0.377 e. The predicted molar refractivity (Wildman–Crippen MR) is 62.1 cm³/mol. The second-order valence-corrected chi connectivity index (χ2v) is 3.76. The Hall–Kier alpha value is -2.57. The molecule has 2 aromatic rings. The fourth-order valence-corrected chi connectivity index (χ4v) is 1.31. The lowest BCUT2D eigenvalue weighted by Crippen LogP contribution is -2.28. The number of aromatic nitrogens is 1. The number of furan rings is 1. The molecule has 0 fully saturated rings. The summed E-state index contributed by atoms with van der Waals surface area (Å²) in [7, 11) is 0. The third-order valence-electron chi connectivity index (χ3n) is 2.20. The summed E-state index contributed by atoms with van der Waals surface area (Å²) in [5.74, 6) is -0.573. The first kappa shape index (κ1) is 12.9. The van der Waals surface area contributed by atoms with Crippen molar-refractivity contribution in [2.75, 3.05) is 6.61 Å². The fourth-order valence-electron chi connectivity index (χ4n) is 1.31. The molecule has 0 aliphatic heterocycles. The zero-order valence-electron chi connectivity index (χ0n) is 10.2. The molecule has 0 saturated heterocycles. The zero-order valence-corrected chi connectivity index (χ0v) is 10.2. The average molecular weight is 264 g/mol. The maximum absolute atomic E-state index is 11.4. The lowest BCUT2D eigenvalue weighted by Gasteiger charge is -2.03. The van der Waals surface area contributed by atoms with E-state index in [1.807, 2.05) is 0 Å². The largest absolute Gasteiger partial charge is 0.467 e. The van der Waals surface area contributed by atoms with Gasteiger partial charge < -0.3 is 19.0 Å². The first-order chi connectivity index (χ1) is 9.15. The Morgan fingerprint density at radius 3 is 2.95 bits per heavy atom. The van der Waals surface area contributed by atoms with Gasteiger partial charge in [0, 0.05) is 6.07 Å². The number of carbonyl (C=O) groups excluding carboxylic acids is 2. The third-order valence-corrected chi connectivity index (χ3v) is 2.20. The summed E-state index contributed by atoms with van der Waals surface area (Å²) < 4.78 is 14.5. The van der Waals surface area contributed by atoms with Crippen LogP contribution < -0.4 is 5.32 Å². The molecule has 19 heavy (non-hydrogen) atoms. The van der Waals surface area contributed by atoms with E-state index >= 15 is 0 Å². The number of nitrogens with one attached hydrogen (secondary N) is 1. The van der Waals surface area contributed by atoms with Crippen LogP contribution in [0.25, 0.3) is 0 Å². The normalized spacial score (nSPS) is 10.2. The van der Waals surface area contributed by atoms with Crippen molar-refractivity contribution in [3.8, 4) is 0 Å². The van der Waals surface area contributed by atoms with Crippen molar-refractivity contribution in [3.05, 3.63) is 41.7 Å². The summed E-state index contributed by atoms with van der Waals surface area (Å²) in [5, 5.41) is 6.09. The van der Waals surface area contributed by atoms with Crippen molar-refractivity contribution in [1.29, 1.82) is 0 Å². The van der Waals surface area contributed by atoms with E-state index in [1.54, 1.807) is 19.1 Å². The van der Waals surface area contributed by atoms with Crippen LogP contribution in [0.2, 0.25) is 0 Å².